The van der Waals surface area contributed by atoms with E-state index in [9.17, 15) is 8.42 Å². The molecule has 0 bridgehead atoms. The number of hydrogen-bond acceptors (Lipinski definition) is 5. The number of hydrogen-bond donors (Lipinski definition) is 3. The lowest BCUT2D eigenvalue weighted by atomic mass is 10.1. The minimum Gasteiger partial charge on any atom is -0.392 e. The van der Waals surface area contributed by atoms with Crippen molar-refractivity contribution < 1.29 is 13.5 Å². The average Bonchev–Trinajstić information content (AvgIpc) is 2.98. The molecule has 7 nitrogen and oxygen atoms in total. The van der Waals surface area contributed by atoms with E-state index < -0.39 is 10.0 Å². The van der Waals surface area contributed by atoms with Gasteiger partial charge in [-0.2, -0.15) is 5.10 Å². The van der Waals surface area contributed by atoms with Crippen LogP contribution in [0.3, 0.4) is 0 Å². The predicted octanol–water partition coefficient (Wildman–Crippen LogP) is 0.338. The van der Waals surface area contributed by atoms with Gasteiger partial charge in [0.05, 0.1) is 18.0 Å². The first-order valence-corrected chi connectivity index (χ1v) is 7.61. The van der Waals surface area contributed by atoms with Gasteiger partial charge in [-0.3, -0.25) is 5.10 Å². The number of nitrogens with zero attached hydrogens (tertiary/aromatic N) is 2. The van der Waals surface area contributed by atoms with Crippen molar-refractivity contribution in [1.29, 1.82) is 0 Å². The summed E-state index contributed by atoms with van der Waals surface area (Å²) < 4.78 is 27.1. The van der Waals surface area contributed by atoms with E-state index in [-0.39, 0.29) is 18.0 Å². The number of aliphatic hydroxyl groups excluding tert-OH is 1. The minimum absolute atomic E-state index is 0.0365. The second-order valence-corrected chi connectivity index (χ2v) is 5.95. The Balaban J connectivity index is 2.28. The summed E-state index contributed by atoms with van der Waals surface area (Å²) in [7, 11) is -3.66. The van der Waals surface area contributed by atoms with Gasteiger partial charge in [0.15, 0.2) is 0 Å². The number of aromatic amines is 1. The Kier molecular flexibility index (Phi) is 4.48. The van der Waals surface area contributed by atoms with Crippen LogP contribution in [-0.2, 0) is 29.6 Å². The van der Waals surface area contributed by atoms with E-state index in [1.165, 1.54) is 12.4 Å². The van der Waals surface area contributed by atoms with Crippen molar-refractivity contribution in [2.75, 3.05) is 0 Å². The third kappa shape index (κ3) is 3.21. The lowest BCUT2D eigenvalue weighted by molar-refractivity contribution is 0.281. The Morgan fingerprint density at radius 3 is 2.80 bits per heavy atom. The first kappa shape index (κ1) is 14.6. The summed E-state index contributed by atoms with van der Waals surface area (Å²) in [5, 5.41) is 15.4. The highest BCUT2D eigenvalue weighted by Gasteiger charge is 2.18. The fourth-order valence-corrected chi connectivity index (χ4v) is 3.14. The van der Waals surface area contributed by atoms with Crippen LogP contribution < -0.4 is 4.72 Å². The van der Waals surface area contributed by atoms with E-state index in [1.807, 2.05) is 6.92 Å². The molecule has 0 unspecified atom stereocenters. The lowest BCUT2D eigenvalue weighted by Gasteiger charge is -2.11. The zero-order valence-corrected chi connectivity index (χ0v) is 11.8. The molecule has 0 atom stereocenters. The average molecular weight is 296 g/mol. The van der Waals surface area contributed by atoms with Crippen molar-refractivity contribution in [3.8, 4) is 0 Å². The van der Waals surface area contributed by atoms with Crippen LogP contribution in [0.15, 0.2) is 29.4 Å². The van der Waals surface area contributed by atoms with E-state index in [2.05, 4.69) is 19.9 Å². The molecule has 0 aliphatic rings. The summed E-state index contributed by atoms with van der Waals surface area (Å²) in [6.45, 7) is 1.72. The maximum Gasteiger partial charge on any atom is 0.241 e. The summed E-state index contributed by atoms with van der Waals surface area (Å²) in [6.07, 6.45) is 1.90. The number of nitrogens with one attached hydrogen (secondary N) is 2. The zero-order chi connectivity index (χ0) is 14.6. The van der Waals surface area contributed by atoms with Crippen LogP contribution >= 0.6 is 0 Å². The van der Waals surface area contributed by atoms with Crippen molar-refractivity contribution in [1.82, 2.24) is 19.9 Å². The maximum absolute atomic E-state index is 12.3. The van der Waals surface area contributed by atoms with Gasteiger partial charge in [-0.1, -0.05) is 19.1 Å². The highest BCUT2D eigenvalue weighted by Crippen LogP contribution is 2.18. The number of rotatable bonds is 6. The van der Waals surface area contributed by atoms with Gasteiger partial charge in [0.2, 0.25) is 10.0 Å². The molecule has 1 heterocycles. The smallest absolute Gasteiger partial charge is 0.241 e. The van der Waals surface area contributed by atoms with Crippen LogP contribution in [0.25, 0.3) is 0 Å². The molecule has 0 radical (unpaired) electrons. The highest BCUT2D eigenvalue weighted by atomic mass is 32.2. The van der Waals surface area contributed by atoms with Gasteiger partial charge in [-0.05, 0) is 23.6 Å². The number of sulfonamides is 1. The van der Waals surface area contributed by atoms with Crippen LogP contribution in [0.5, 0.6) is 0 Å². The SMILES string of the molecule is CCc1ccc(CO)cc1S(=O)(=O)NCc1ncn[nH]1. The summed E-state index contributed by atoms with van der Waals surface area (Å²) in [5.41, 5.74) is 1.26. The van der Waals surface area contributed by atoms with Crippen LogP contribution in [0, 0.1) is 0 Å². The van der Waals surface area contributed by atoms with Gasteiger partial charge >= 0.3 is 0 Å². The van der Waals surface area contributed by atoms with Crippen molar-refractivity contribution in [3.63, 3.8) is 0 Å². The third-order valence-electron chi connectivity index (χ3n) is 2.88. The minimum atomic E-state index is -3.66. The van der Waals surface area contributed by atoms with E-state index in [1.54, 1.807) is 12.1 Å². The van der Waals surface area contributed by atoms with Gasteiger partial charge in [0.1, 0.15) is 12.2 Å². The first-order chi connectivity index (χ1) is 9.56. The van der Waals surface area contributed by atoms with Gasteiger partial charge < -0.3 is 5.11 Å². The molecule has 0 aliphatic carbocycles. The Hall–Kier alpha value is -1.77. The molecule has 3 N–H and O–H groups in total. The molecule has 0 saturated carbocycles. The largest absolute Gasteiger partial charge is 0.392 e. The van der Waals surface area contributed by atoms with E-state index in [4.69, 9.17) is 5.11 Å². The summed E-state index contributed by atoms with van der Waals surface area (Å²) in [5.74, 6) is 0.435. The molecule has 0 aliphatic heterocycles. The molecular weight excluding hydrogens is 280 g/mol. The Morgan fingerprint density at radius 2 is 2.20 bits per heavy atom. The standard InChI is InChI=1S/C12H16N4O3S/c1-2-10-4-3-9(7-17)5-11(10)20(18,19)15-6-12-13-8-14-16-12/h3-5,8,15,17H,2,6-7H2,1H3,(H,13,14,16). The lowest BCUT2D eigenvalue weighted by Crippen LogP contribution is -2.25. The maximum atomic E-state index is 12.3. The highest BCUT2D eigenvalue weighted by molar-refractivity contribution is 7.89. The fourth-order valence-electron chi connectivity index (χ4n) is 1.80. The van der Waals surface area contributed by atoms with Crippen molar-refractivity contribution in [3.05, 3.63) is 41.5 Å². The Bertz CT molecular complexity index is 668. The van der Waals surface area contributed by atoms with Crippen LogP contribution in [0.2, 0.25) is 0 Å². The zero-order valence-electron chi connectivity index (χ0n) is 11.0. The van der Waals surface area contributed by atoms with Crippen molar-refractivity contribution in [2.24, 2.45) is 0 Å². The van der Waals surface area contributed by atoms with Crippen molar-refractivity contribution >= 4 is 10.0 Å². The summed E-state index contributed by atoms with van der Waals surface area (Å²) >= 11 is 0. The van der Waals surface area contributed by atoms with Crippen LogP contribution in [0.1, 0.15) is 23.9 Å². The van der Waals surface area contributed by atoms with E-state index in [0.29, 0.717) is 23.4 Å². The number of aromatic nitrogens is 3. The molecule has 2 rings (SSSR count). The van der Waals surface area contributed by atoms with Gasteiger partial charge in [-0.15, -0.1) is 0 Å². The molecule has 0 saturated heterocycles. The molecule has 0 spiro atoms. The molecular formula is C12H16N4O3S. The quantitative estimate of drug-likeness (QED) is 0.712. The molecule has 20 heavy (non-hydrogen) atoms. The van der Waals surface area contributed by atoms with Crippen LogP contribution in [0.4, 0.5) is 0 Å². The van der Waals surface area contributed by atoms with E-state index in [0.717, 1.165) is 0 Å². The molecule has 2 aromatic rings. The predicted molar refractivity (Wildman–Crippen MR) is 72.2 cm³/mol. The molecule has 108 valence electrons. The second kappa shape index (κ2) is 6.12. The molecule has 0 amide bonds. The number of aryl methyl sites for hydroxylation is 1. The molecule has 1 aromatic heterocycles. The summed E-state index contributed by atoms with van der Waals surface area (Å²) in [6, 6.07) is 4.92. The second-order valence-electron chi connectivity index (χ2n) is 4.21. The normalized spacial score (nSPS) is 11.7. The first-order valence-electron chi connectivity index (χ1n) is 6.13. The van der Waals surface area contributed by atoms with Crippen molar-refractivity contribution in [2.45, 2.75) is 31.4 Å². The fraction of sp³-hybridized carbons (Fsp3) is 0.333. The third-order valence-corrected chi connectivity index (χ3v) is 4.36. The molecule has 1 aromatic carbocycles. The van der Waals surface area contributed by atoms with E-state index >= 15 is 0 Å². The molecule has 8 heteroatoms. The van der Waals surface area contributed by atoms with Gasteiger partial charge in [0, 0.05) is 0 Å². The number of H-pyrrole nitrogens is 1. The Morgan fingerprint density at radius 1 is 1.40 bits per heavy atom. The number of aliphatic hydroxyl groups is 1. The van der Waals surface area contributed by atoms with Gasteiger partial charge in [-0.25, -0.2) is 18.1 Å². The Labute approximate surface area is 117 Å². The topological polar surface area (TPSA) is 108 Å². The van der Waals surface area contributed by atoms with Crippen LogP contribution in [-0.4, -0.2) is 28.7 Å². The molecule has 0 fully saturated rings. The monoisotopic (exact) mass is 296 g/mol. The number of benzene rings is 1. The van der Waals surface area contributed by atoms with Gasteiger partial charge in [0.25, 0.3) is 0 Å². The summed E-state index contributed by atoms with van der Waals surface area (Å²) in [4.78, 5) is 4.04.